The number of thiophene rings is 1. The number of hydrogen-bond donors (Lipinski definition) is 1. The summed E-state index contributed by atoms with van der Waals surface area (Å²) in [6.45, 7) is 7.58. The molecule has 1 aliphatic rings. The first kappa shape index (κ1) is 13.3. The van der Waals surface area contributed by atoms with E-state index in [4.69, 9.17) is 4.98 Å². The fourth-order valence-corrected chi connectivity index (χ4v) is 5.05. The van der Waals surface area contributed by atoms with E-state index in [1.807, 2.05) is 22.7 Å². The molecule has 0 bridgehead atoms. The third-order valence-electron chi connectivity index (χ3n) is 3.68. The van der Waals surface area contributed by atoms with Gasteiger partial charge in [-0.3, -0.25) is 0 Å². The third-order valence-corrected chi connectivity index (χ3v) is 5.81. The van der Waals surface area contributed by atoms with Crippen LogP contribution < -0.4 is 5.32 Å². The van der Waals surface area contributed by atoms with Crippen molar-refractivity contribution in [2.75, 3.05) is 6.54 Å². The van der Waals surface area contributed by atoms with Crippen molar-refractivity contribution in [2.45, 2.75) is 46.1 Å². The lowest BCUT2D eigenvalue weighted by atomic mass is 9.98. The molecule has 0 amide bonds. The SMILES string of the molecule is CCNC1CCCc2sc(-c3cc(C)sc3C)nc21. The van der Waals surface area contributed by atoms with Gasteiger partial charge in [-0.2, -0.15) is 0 Å². The molecule has 1 aliphatic carbocycles. The molecule has 1 N–H and O–H groups in total. The Morgan fingerprint density at radius 3 is 2.89 bits per heavy atom. The maximum atomic E-state index is 4.96. The zero-order valence-electron chi connectivity index (χ0n) is 11.7. The molecule has 102 valence electrons. The molecule has 1 atom stereocenters. The van der Waals surface area contributed by atoms with Crippen molar-refractivity contribution < 1.29 is 0 Å². The Morgan fingerprint density at radius 1 is 1.37 bits per heavy atom. The summed E-state index contributed by atoms with van der Waals surface area (Å²) in [6, 6.07) is 2.76. The molecule has 19 heavy (non-hydrogen) atoms. The van der Waals surface area contributed by atoms with E-state index in [-0.39, 0.29) is 0 Å². The minimum atomic E-state index is 0.471. The topological polar surface area (TPSA) is 24.9 Å². The first-order valence-electron chi connectivity index (χ1n) is 6.99. The Labute approximate surface area is 122 Å². The Kier molecular flexibility index (Phi) is 3.74. The lowest BCUT2D eigenvalue weighted by molar-refractivity contribution is 0.465. The molecule has 0 saturated carbocycles. The first-order valence-corrected chi connectivity index (χ1v) is 8.62. The van der Waals surface area contributed by atoms with Gasteiger partial charge in [-0.15, -0.1) is 22.7 Å². The second kappa shape index (κ2) is 5.35. The Hall–Kier alpha value is -0.710. The number of rotatable bonds is 3. The molecule has 0 aromatic carbocycles. The predicted octanol–water partition coefficient (Wildman–Crippen LogP) is 4.48. The molecule has 2 nitrogen and oxygen atoms in total. The van der Waals surface area contributed by atoms with Crippen molar-refractivity contribution >= 4 is 22.7 Å². The molecule has 4 heteroatoms. The zero-order chi connectivity index (χ0) is 13.4. The summed E-state index contributed by atoms with van der Waals surface area (Å²) in [5.41, 5.74) is 2.66. The summed E-state index contributed by atoms with van der Waals surface area (Å²) in [5, 5.41) is 4.79. The van der Waals surface area contributed by atoms with Crippen LogP contribution in [0.4, 0.5) is 0 Å². The highest BCUT2D eigenvalue weighted by molar-refractivity contribution is 7.16. The van der Waals surface area contributed by atoms with Crippen molar-refractivity contribution in [2.24, 2.45) is 0 Å². The van der Waals surface area contributed by atoms with E-state index in [1.54, 1.807) is 0 Å². The van der Waals surface area contributed by atoms with Crippen LogP contribution in [0.2, 0.25) is 0 Å². The second-order valence-electron chi connectivity index (χ2n) is 5.16. The molecule has 0 radical (unpaired) electrons. The van der Waals surface area contributed by atoms with Crippen LogP contribution in [0.1, 0.15) is 46.1 Å². The number of thiazole rings is 1. The van der Waals surface area contributed by atoms with E-state index in [1.165, 1.54) is 50.2 Å². The summed E-state index contributed by atoms with van der Waals surface area (Å²) < 4.78 is 0. The smallest absolute Gasteiger partial charge is 0.125 e. The molecule has 2 heterocycles. The van der Waals surface area contributed by atoms with Gasteiger partial charge >= 0.3 is 0 Å². The normalized spacial score (nSPS) is 18.6. The maximum absolute atomic E-state index is 4.96. The highest BCUT2D eigenvalue weighted by Gasteiger charge is 2.25. The molecule has 2 aromatic heterocycles. The molecule has 0 spiro atoms. The number of fused-ring (bicyclic) bond motifs is 1. The highest BCUT2D eigenvalue weighted by atomic mass is 32.1. The number of hydrogen-bond acceptors (Lipinski definition) is 4. The average Bonchev–Trinajstić information content (AvgIpc) is 2.93. The number of nitrogens with zero attached hydrogens (tertiary/aromatic N) is 1. The fraction of sp³-hybridized carbons (Fsp3) is 0.533. The summed E-state index contributed by atoms with van der Waals surface area (Å²) in [4.78, 5) is 9.22. The molecule has 0 saturated heterocycles. The molecule has 3 rings (SSSR count). The largest absolute Gasteiger partial charge is 0.309 e. The average molecular weight is 292 g/mol. The minimum absolute atomic E-state index is 0.471. The van der Waals surface area contributed by atoms with Gasteiger partial charge < -0.3 is 5.32 Å². The van der Waals surface area contributed by atoms with Gasteiger partial charge in [-0.05, 0) is 45.7 Å². The molecular formula is C15H20N2S2. The van der Waals surface area contributed by atoms with Gasteiger partial charge in [0.1, 0.15) is 5.01 Å². The van der Waals surface area contributed by atoms with E-state index < -0.39 is 0 Å². The van der Waals surface area contributed by atoms with E-state index in [0.717, 1.165) is 6.54 Å². The van der Waals surface area contributed by atoms with Crippen LogP contribution in [0.15, 0.2) is 6.07 Å². The van der Waals surface area contributed by atoms with Gasteiger partial charge in [-0.1, -0.05) is 6.92 Å². The standard InChI is InChI=1S/C15H20N2S2/c1-4-16-12-6-5-7-13-14(12)17-15(19-13)11-8-9(2)18-10(11)3/h8,12,16H,4-7H2,1-3H3. The van der Waals surface area contributed by atoms with Crippen molar-refractivity contribution in [3.8, 4) is 10.6 Å². The van der Waals surface area contributed by atoms with Crippen LogP contribution in [0.3, 0.4) is 0 Å². The minimum Gasteiger partial charge on any atom is -0.309 e. The van der Waals surface area contributed by atoms with E-state index >= 15 is 0 Å². The van der Waals surface area contributed by atoms with E-state index in [9.17, 15) is 0 Å². The van der Waals surface area contributed by atoms with Crippen LogP contribution in [0.25, 0.3) is 10.6 Å². The highest BCUT2D eigenvalue weighted by Crippen LogP contribution is 2.39. The quantitative estimate of drug-likeness (QED) is 0.902. The summed E-state index contributed by atoms with van der Waals surface area (Å²) in [5.74, 6) is 0. The van der Waals surface area contributed by atoms with Crippen molar-refractivity contribution in [1.29, 1.82) is 0 Å². The first-order chi connectivity index (χ1) is 9.19. The fourth-order valence-electron chi connectivity index (χ4n) is 2.82. The Morgan fingerprint density at radius 2 is 2.21 bits per heavy atom. The molecule has 0 fully saturated rings. The summed E-state index contributed by atoms with van der Waals surface area (Å²) >= 11 is 3.77. The number of nitrogens with one attached hydrogen (secondary N) is 1. The third kappa shape index (κ3) is 2.49. The van der Waals surface area contributed by atoms with Crippen LogP contribution in [0, 0.1) is 13.8 Å². The lowest BCUT2D eigenvalue weighted by Crippen LogP contribution is -2.24. The Bertz CT molecular complexity index is 583. The van der Waals surface area contributed by atoms with Crippen LogP contribution >= 0.6 is 22.7 Å². The van der Waals surface area contributed by atoms with E-state index in [2.05, 4.69) is 32.2 Å². The second-order valence-corrected chi connectivity index (χ2v) is 7.70. The maximum Gasteiger partial charge on any atom is 0.125 e. The molecular weight excluding hydrogens is 272 g/mol. The molecule has 2 aromatic rings. The predicted molar refractivity (Wildman–Crippen MR) is 84.3 cm³/mol. The van der Waals surface area contributed by atoms with Crippen LogP contribution in [-0.4, -0.2) is 11.5 Å². The zero-order valence-corrected chi connectivity index (χ0v) is 13.4. The summed E-state index contributed by atoms with van der Waals surface area (Å²) in [7, 11) is 0. The van der Waals surface area contributed by atoms with Gasteiger partial charge in [0.2, 0.25) is 0 Å². The van der Waals surface area contributed by atoms with Gasteiger partial charge in [0, 0.05) is 20.2 Å². The van der Waals surface area contributed by atoms with Crippen molar-refractivity contribution in [1.82, 2.24) is 10.3 Å². The van der Waals surface area contributed by atoms with Crippen molar-refractivity contribution in [3.63, 3.8) is 0 Å². The van der Waals surface area contributed by atoms with Crippen molar-refractivity contribution in [3.05, 3.63) is 26.4 Å². The Balaban J connectivity index is 1.99. The van der Waals surface area contributed by atoms with E-state index in [0.29, 0.717) is 6.04 Å². The van der Waals surface area contributed by atoms with Gasteiger partial charge in [0.05, 0.1) is 11.7 Å². The lowest BCUT2D eigenvalue weighted by Gasteiger charge is -2.21. The molecule has 0 aliphatic heterocycles. The van der Waals surface area contributed by atoms with Gasteiger partial charge in [0.25, 0.3) is 0 Å². The van der Waals surface area contributed by atoms with Gasteiger partial charge in [-0.25, -0.2) is 4.98 Å². The molecule has 1 unspecified atom stereocenters. The van der Waals surface area contributed by atoms with Gasteiger partial charge in [0.15, 0.2) is 0 Å². The summed E-state index contributed by atoms with van der Waals surface area (Å²) in [6.07, 6.45) is 3.72. The van der Waals surface area contributed by atoms with Crippen LogP contribution in [-0.2, 0) is 6.42 Å². The van der Waals surface area contributed by atoms with Crippen LogP contribution in [0.5, 0.6) is 0 Å². The number of aromatic nitrogens is 1. The number of aryl methyl sites for hydroxylation is 3. The monoisotopic (exact) mass is 292 g/mol.